The molecule has 7 heteroatoms. The molecule has 0 spiro atoms. The van der Waals surface area contributed by atoms with Crippen molar-refractivity contribution in [1.82, 2.24) is 15.2 Å². The largest absolute Gasteiger partial charge is 0.411 e. The number of anilines is 1. The van der Waals surface area contributed by atoms with E-state index in [4.69, 9.17) is 4.42 Å². The number of carbonyl (C=O) groups excluding carboxylic acids is 1. The van der Waals surface area contributed by atoms with E-state index >= 15 is 0 Å². The normalized spacial score (nSPS) is 10.5. The van der Waals surface area contributed by atoms with Gasteiger partial charge in [0.1, 0.15) is 0 Å². The zero-order valence-corrected chi connectivity index (χ0v) is 13.9. The van der Waals surface area contributed by atoms with Gasteiger partial charge in [-0.2, -0.15) is 0 Å². The maximum Gasteiger partial charge on any atom is 0.277 e. The second-order valence-corrected chi connectivity index (χ2v) is 5.80. The predicted molar refractivity (Wildman–Crippen MR) is 92.7 cm³/mol. The molecule has 1 amide bonds. The number of amides is 1. The Bertz CT molecular complexity index is 793. The van der Waals surface area contributed by atoms with Gasteiger partial charge in [-0.05, 0) is 31.2 Å². The minimum atomic E-state index is -0.00479. The number of pyridine rings is 1. The molecule has 1 aromatic carbocycles. The van der Waals surface area contributed by atoms with Gasteiger partial charge in [0.15, 0.2) is 0 Å². The fourth-order valence-electron chi connectivity index (χ4n) is 2.19. The summed E-state index contributed by atoms with van der Waals surface area (Å²) in [6.07, 6.45) is 3.33. The van der Waals surface area contributed by atoms with Crippen molar-refractivity contribution < 1.29 is 9.21 Å². The van der Waals surface area contributed by atoms with Gasteiger partial charge in [-0.1, -0.05) is 30.0 Å². The molecular formula is C17H16N4O2S. The van der Waals surface area contributed by atoms with Gasteiger partial charge >= 0.3 is 0 Å². The topological polar surface area (TPSA) is 72.1 Å². The minimum absolute atomic E-state index is 0.00479. The number of hydrogen-bond acceptors (Lipinski definition) is 6. The highest BCUT2D eigenvalue weighted by Crippen LogP contribution is 2.23. The van der Waals surface area contributed by atoms with Crippen molar-refractivity contribution in [2.75, 3.05) is 17.2 Å². The number of rotatable bonds is 6. The van der Waals surface area contributed by atoms with Crippen molar-refractivity contribution >= 4 is 23.4 Å². The fraction of sp³-hybridized carbons (Fsp3) is 0.176. The molecule has 3 aromatic rings. The highest BCUT2D eigenvalue weighted by atomic mass is 32.2. The van der Waals surface area contributed by atoms with Crippen LogP contribution in [0.15, 0.2) is 64.5 Å². The van der Waals surface area contributed by atoms with E-state index in [-0.39, 0.29) is 11.7 Å². The van der Waals surface area contributed by atoms with Gasteiger partial charge < -0.3 is 9.32 Å². The number of thioether (sulfide) groups is 1. The van der Waals surface area contributed by atoms with Gasteiger partial charge in [0.2, 0.25) is 11.8 Å². The second kappa shape index (κ2) is 7.74. The van der Waals surface area contributed by atoms with Crippen molar-refractivity contribution in [2.24, 2.45) is 0 Å². The molecule has 0 atom stereocenters. The van der Waals surface area contributed by atoms with Crippen molar-refractivity contribution in [3.05, 3.63) is 54.9 Å². The lowest BCUT2D eigenvalue weighted by Gasteiger charge is -2.20. The van der Waals surface area contributed by atoms with Gasteiger partial charge in [0, 0.05) is 24.6 Å². The number of carbonyl (C=O) groups is 1. The van der Waals surface area contributed by atoms with Gasteiger partial charge in [-0.25, -0.2) is 0 Å². The van der Waals surface area contributed by atoms with E-state index in [1.807, 2.05) is 43.3 Å². The molecule has 24 heavy (non-hydrogen) atoms. The van der Waals surface area contributed by atoms with Crippen LogP contribution in [-0.2, 0) is 4.79 Å². The lowest BCUT2D eigenvalue weighted by Crippen LogP contribution is -2.32. The highest BCUT2D eigenvalue weighted by molar-refractivity contribution is 7.99. The van der Waals surface area contributed by atoms with Crippen molar-refractivity contribution in [3.63, 3.8) is 0 Å². The molecule has 2 aromatic heterocycles. The van der Waals surface area contributed by atoms with E-state index in [2.05, 4.69) is 15.2 Å². The molecule has 3 rings (SSSR count). The SMILES string of the molecule is CCN(C(=O)CSc1nnc(-c2cccnc2)o1)c1ccccc1. The zero-order valence-electron chi connectivity index (χ0n) is 13.1. The van der Waals surface area contributed by atoms with Crippen LogP contribution in [0, 0.1) is 0 Å². The number of nitrogens with zero attached hydrogens (tertiary/aromatic N) is 4. The van der Waals surface area contributed by atoms with Gasteiger partial charge in [-0.15, -0.1) is 10.2 Å². The number of para-hydroxylation sites is 1. The average Bonchev–Trinajstić information content (AvgIpc) is 3.11. The Kier molecular flexibility index (Phi) is 5.22. The van der Waals surface area contributed by atoms with Crippen LogP contribution in [0.25, 0.3) is 11.5 Å². The summed E-state index contributed by atoms with van der Waals surface area (Å²) in [5, 5.41) is 8.32. The Morgan fingerprint density at radius 2 is 2.00 bits per heavy atom. The van der Waals surface area contributed by atoms with Crippen LogP contribution in [0.4, 0.5) is 5.69 Å². The summed E-state index contributed by atoms with van der Waals surface area (Å²) >= 11 is 1.23. The third kappa shape index (κ3) is 3.80. The van der Waals surface area contributed by atoms with E-state index in [9.17, 15) is 4.79 Å². The Hall–Kier alpha value is -2.67. The molecule has 0 aliphatic rings. The van der Waals surface area contributed by atoms with E-state index in [0.29, 0.717) is 17.7 Å². The minimum Gasteiger partial charge on any atom is -0.411 e. The second-order valence-electron chi connectivity index (χ2n) is 4.88. The van der Waals surface area contributed by atoms with Gasteiger partial charge in [-0.3, -0.25) is 9.78 Å². The van der Waals surface area contributed by atoms with Crippen LogP contribution < -0.4 is 4.90 Å². The lowest BCUT2D eigenvalue weighted by molar-refractivity contribution is -0.116. The van der Waals surface area contributed by atoms with Gasteiger partial charge in [0.25, 0.3) is 5.22 Å². The number of benzene rings is 1. The average molecular weight is 340 g/mol. The third-order valence-corrected chi connectivity index (χ3v) is 4.12. The third-order valence-electron chi connectivity index (χ3n) is 3.32. The summed E-state index contributed by atoms with van der Waals surface area (Å²) in [6, 6.07) is 13.2. The first-order chi connectivity index (χ1) is 11.8. The van der Waals surface area contributed by atoms with Crippen LogP contribution in [0.2, 0.25) is 0 Å². The Morgan fingerprint density at radius 1 is 1.17 bits per heavy atom. The quantitative estimate of drug-likeness (QED) is 0.641. The first-order valence-corrected chi connectivity index (χ1v) is 8.48. The zero-order chi connectivity index (χ0) is 16.8. The highest BCUT2D eigenvalue weighted by Gasteiger charge is 2.16. The molecule has 0 bridgehead atoms. The first-order valence-electron chi connectivity index (χ1n) is 7.50. The van der Waals surface area contributed by atoms with Crippen molar-refractivity contribution in [1.29, 1.82) is 0 Å². The molecule has 0 radical (unpaired) electrons. The molecule has 0 fully saturated rings. The Balaban J connectivity index is 1.63. The lowest BCUT2D eigenvalue weighted by atomic mass is 10.3. The Morgan fingerprint density at radius 3 is 2.71 bits per heavy atom. The molecule has 122 valence electrons. The number of aromatic nitrogens is 3. The predicted octanol–water partition coefficient (Wildman–Crippen LogP) is 3.28. The summed E-state index contributed by atoms with van der Waals surface area (Å²) in [6.45, 7) is 2.55. The smallest absolute Gasteiger partial charge is 0.277 e. The molecular weight excluding hydrogens is 324 g/mol. The Labute approximate surface area is 143 Å². The summed E-state index contributed by atoms with van der Waals surface area (Å²) < 4.78 is 5.57. The molecule has 0 saturated heterocycles. The van der Waals surface area contributed by atoms with Crippen LogP contribution >= 0.6 is 11.8 Å². The monoisotopic (exact) mass is 340 g/mol. The fourth-order valence-corrected chi connectivity index (χ4v) is 2.83. The summed E-state index contributed by atoms with van der Waals surface area (Å²) in [7, 11) is 0. The van der Waals surface area contributed by atoms with E-state index < -0.39 is 0 Å². The van der Waals surface area contributed by atoms with Gasteiger partial charge in [0.05, 0.1) is 11.3 Å². The molecule has 0 saturated carbocycles. The molecule has 0 aliphatic heterocycles. The standard InChI is InChI=1S/C17H16N4O2S/c1-2-21(14-8-4-3-5-9-14)15(22)12-24-17-20-19-16(23-17)13-7-6-10-18-11-13/h3-11H,2,12H2,1H3. The van der Waals surface area contributed by atoms with Crippen LogP contribution in [0.5, 0.6) is 0 Å². The molecule has 0 unspecified atom stereocenters. The molecule has 0 aliphatic carbocycles. The summed E-state index contributed by atoms with van der Waals surface area (Å²) in [5.74, 6) is 0.625. The maximum atomic E-state index is 12.4. The summed E-state index contributed by atoms with van der Waals surface area (Å²) in [4.78, 5) is 18.2. The maximum absolute atomic E-state index is 12.4. The van der Waals surface area contributed by atoms with Crippen LogP contribution in [0.3, 0.4) is 0 Å². The molecule has 6 nitrogen and oxygen atoms in total. The van der Waals surface area contributed by atoms with E-state index in [1.54, 1.807) is 23.4 Å². The molecule has 2 heterocycles. The van der Waals surface area contributed by atoms with Crippen molar-refractivity contribution in [2.45, 2.75) is 12.1 Å². The van der Waals surface area contributed by atoms with E-state index in [0.717, 1.165) is 11.3 Å². The van der Waals surface area contributed by atoms with Crippen LogP contribution in [-0.4, -0.2) is 33.4 Å². The summed E-state index contributed by atoms with van der Waals surface area (Å²) in [5.41, 5.74) is 1.63. The molecule has 0 N–H and O–H groups in total. The van der Waals surface area contributed by atoms with Crippen molar-refractivity contribution in [3.8, 4) is 11.5 Å². The first kappa shape index (κ1) is 16.2. The van der Waals surface area contributed by atoms with Crippen LogP contribution in [0.1, 0.15) is 6.92 Å². The van der Waals surface area contributed by atoms with E-state index in [1.165, 1.54) is 11.8 Å². The number of hydrogen-bond donors (Lipinski definition) is 0.